The number of rotatable bonds is 4. The molecule has 8 nitrogen and oxygen atoms in total. The molecule has 1 fully saturated rings. The van der Waals surface area contributed by atoms with Gasteiger partial charge in [0.05, 0.1) is 25.6 Å². The number of piperazine rings is 1. The van der Waals surface area contributed by atoms with Crippen molar-refractivity contribution in [3.63, 3.8) is 0 Å². The topological polar surface area (TPSA) is 107 Å². The van der Waals surface area contributed by atoms with Gasteiger partial charge in [0.2, 0.25) is 22.4 Å². The molecule has 24 heavy (non-hydrogen) atoms. The molecule has 1 aliphatic rings. The minimum atomic E-state index is -0.454. The molecular formula is C16H18N2O6. The van der Waals surface area contributed by atoms with Gasteiger partial charge in [-0.25, -0.2) is 0 Å². The van der Waals surface area contributed by atoms with Crippen LogP contribution in [0.15, 0.2) is 43.1 Å². The zero-order chi connectivity index (χ0) is 17.1. The highest BCUT2D eigenvalue weighted by atomic mass is 16.4. The molecule has 0 amide bonds. The molecule has 0 radical (unpaired) electrons. The van der Waals surface area contributed by atoms with Crippen molar-refractivity contribution in [2.75, 3.05) is 26.2 Å². The Morgan fingerprint density at radius 3 is 1.54 bits per heavy atom. The van der Waals surface area contributed by atoms with Crippen LogP contribution in [0, 0.1) is 0 Å². The summed E-state index contributed by atoms with van der Waals surface area (Å²) in [5.41, 5.74) is -0.908. The van der Waals surface area contributed by atoms with Crippen molar-refractivity contribution < 1.29 is 19.0 Å². The summed E-state index contributed by atoms with van der Waals surface area (Å²) in [6.07, 6.45) is 2.54. The van der Waals surface area contributed by atoms with Crippen LogP contribution in [0.4, 0.5) is 0 Å². The van der Waals surface area contributed by atoms with Crippen LogP contribution < -0.4 is 10.9 Å². The predicted octanol–water partition coefficient (Wildman–Crippen LogP) is 0.322. The molecule has 0 bridgehead atoms. The Balaban J connectivity index is 1.58. The zero-order valence-corrected chi connectivity index (χ0v) is 13.0. The van der Waals surface area contributed by atoms with Crippen molar-refractivity contribution in [3.8, 4) is 11.5 Å². The lowest BCUT2D eigenvalue weighted by atomic mass is 10.2. The lowest BCUT2D eigenvalue weighted by Gasteiger charge is -2.33. The summed E-state index contributed by atoms with van der Waals surface area (Å²) in [4.78, 5) is 26.9. The molecule has 3 heterocycles. The van der Waals surface area contributed by atoms with Gasteiger partial charge in [-0.3, -0.25) is 19.4 Å². The van der Waals surface area contributed by atoms with Gasteiger partial charge >= 0.3 is 0 Å². The molecule has 0 spiro atoms. The quantitative estimate of drug-likeness (QED) is 0.823. The third kappa shape index (κ3) is 3.50. The van der Waals surface area contributed by atoms with Crippen molar-refractivity contribution in [2.45, 2.75) is 13.1 Å². The van der Waals surface area contributed by atoms with Crippen LogP contribution in [-0.4, -0.2) is 46.2 Å². The molecule has 2 N–H and O–H groups in total. The van der Waals surface area contributed by atoms with E-state index in [-0.39, 0.29) is 23.0 Å². The van der Waals surface area contributed by atoms with Crippen molar-refractivity contribution in [1.29, 1.82) is 0 Å². The van der Waals surface area contributed by atoms with Crippen molar-refractivity contribution >= 4 is 0 Å². The van der Waals surface area contributed by atoms with Crippen LogP contribution in [0.3, 0.4) is 0 Å². The predicted molar refractivity (Wildman–Crippen MR) is 83.8 cm³/mol. The smallest absolute Gasteiger partial charge is 0.226 e. The Labute approximate surface area is 137 Å². The molecule has 0 unspecified atom stereocenters. The third-order valence-corrected chi connectivity index (χ3v) is 4.05. The van der Waals surface area contributed by atoms with E-state index in [4.69, 9.17) is 8.83 Å². The lowest BCUT2D eigenvalue weighted by molar-refractivity contribution is 0.107. The highest BCUT2D eigenvalue weighted by Crippen LogP contribution is 2.17. The Kier molecular flexibility index (Phi) is 4.68. The zero-order valence-electron chi connectivity index (χ0n) is 13.0. The van der Waals surface area contributed by atoms with Crippen molar-refractivity contribution in [2.24, 2.45) is 0 Å². The van der Waals surface area contributed by atoms with Crippen molar-refractivity contribution in [1.82, 2.24) is 9.80 Å². The molecular weight excluding hydrogens is 316 g/mol. The summed E-state index contributed by atoms with van der Waals surface area (Å²) < 4.78 is 10.4. The van der Waals surface area contributed by atoms with Crippen LogP contribution >= 0.6 is 0 Å². The van der Waals surface area contributed by atoms with E-state index >= 15 is 0 Å². The molecule has 128 valence electrons. The van der Waals surface area contributed by atoms with Gasteiger partial charge in [-0.2, -0.15) is 0 Å². The van der Waals surface area contributed by atoms with Gasteiger partial charge in [0.15, 0.2) is 11.5 Å². The van der Waals surface area contributed by atoms with E-state index in [2.05, 4.69) is 9.80 Å². The molecule has 3 rings (SSSR count). The summed E-state index contributed by atoms with van der Waals surface area (Å²) in [7, 11) is 0. The minimum Gasteiger partial charge on any atom is -0.502 e. The summed E-state index contributed by atoms with van der Waals surface area (Å²) >= 11 is 0. The molecule has 0 aliphatic carbocycles. The standard InChI is InChI=1S/C16H18N2O6/c19-11-1-7-23-13(15(11)21)9-17-3-5-18(6-4-17)10-14-16(22)12(20)2-8-24-14/h1-2,7-8,21-22H,3-6,9-10H2. The second-order valence-electron chi connectivity index (χ2n) is 5.67. The fourth-order valence-corrected chi connectivity index (χ4v) is 2.64. The third-order valence-electron chi connectivity index (χ3n) is 4.05. The number of aromatic hydroxyl groups is 2. The van der Waals surface area contributed by atoms with Gasteiger partial charge in [0.1, 0.15) is 0 Å². The average molecular weight is 334 g/mol. The lowest BCUT2D eigenvalue weighted by Crippen LogP contribution is -2.45. The molecule has 2 aromatic heterocycles. The van der Waals surface area contributed by atoms with Crippen molar-refractivity contribution in [3.05, 3.63) is 56.6 Å². The first-order valence-electron chi connectivity index (χ1n) is 7.58. The SMILES string of the molecule is O=c1ccoc(CN2CCN(Cc3occc(=O)c3O)CC2)c1O. The number of nitrogens with zero attached hydrogens (tertiary/aromatic N) is 2. The summed E-state index contributed by atoms with van der Waals surface area (Å²) in [5, 5.41) is 19.4. The summed E-state index contributed by atoms with van der Waals surface area (Å²) in [5.74, 6) is -0.197. The van der Waals surface area contributed by atoms with Crippen LogP contribution in [0.5, 0.6) is 11.5 Å². The Hall–Kier alpha value is -2.58. The fourth-order valence-electron chi connectivity index (χ4n) is 2.64. The largest absolute Gasteiger partial charge is 0.502 e. The van der Waals surface area contributed by atoms with Gasteiger partial charge in [0, 0.05) is 38.3 Å². The van der Waals surface area contributed by atoms with E-state index in [1.165, 1.54) is 24.7 Å². The highest BCUT2D eigenvalue weighted by molar-refractivity contribution is 5.23. The van der Waals surface area contributed by atoms with Gasteiger partial charge in [-0.1, -0.05) is 0 Å². The Bertz CT molecular complexity index is 750. The molecule has 2 aromatic rings. The van der Waals surface area contributed by atoms with Crippen LogP contribution in [0.2, 0.25) is 0 Å². The molecule has 8 heteroatoms. The maximum atomic E-state index is 11.4. The highest BCUT2D eigenvalue weighted by Gasteiger charge is 2.21. The number of hydrogen-bond donors (Lipinski definition) is 2. The fraction of sp³-hybridized carbons (Fsp3) is 0.375. The minimum absolute atomic E-state index is 0.252. The van der Waals surface area contributed by atoms with Gasteiger partial charge in [-0.05, 0) is 0 Å². The van der Waals surface area contributed by atoms with Crippen LogP contribution in [-0.2, 0) is 13.1 Å². The normalized spacial score (nSPS) is 16.3. The van der Waals surface area contributed by atoms with E-state index in [1.807, 2.05) is 0 Å². The maximum Gasteiger partial charge on any atom is 0.226 e. The second kappa shape index (κ2) is 6.90. The van der Waals surface area contributed by atoms with Gasteiger partial charge < -0.3 is 19.0 Å². The van der Waals surface area contributed by atoms with Crippen LogP contribution in [0.25, 0.3) is 0 Å². The first kappa shape index (κ1) is 16.3. The molecule has 1 saturated heterocycles. The monoisotopic (exact) mass is 334 g/mol. The first-order valence-corrected chi connectivity index (χ1v) is 7.58. The summed E-state index contributed by atoms with van der Waals surface area (Å²) in [6, 6.07) is 2.35. The molecule has 0 aromatic carbocycles. The summed E-state index contributed by atoms with van der Waals surface area (Å²) in [6.45, 7) is 3.46. The molecule has 1 aliphatic heterocycles. The molecule has 0 atom stereocenters. The van der Waals surface area contributed by atoms with E-state index in [9.17, 15) is 19.8 Å². The average Bonchev–Trinajstić information content (AvgIpc) is 2.58. The van der Waals surface area contributed by atoms with E-state index in [1.54, 1.807) is 0 Å². The van der Waals surface area contributed by atoms with Gasteiger partial charge in [0.25, 0.3) is 0 Å². The van der Waals surface area contributed by atoms with Crippen LogP contribution in [0.1, 0.15) is 11.5 Å². The van der Waals surface area contributed by atoms with E-state index in [0.29, 0.717) is 39.3 Å². The first-order chi connectivity index (χ1) is 11.5. The maximum absolute atomic E-state index is 11.4. The number of hydrogen-bond acceptors (Lipinski definition) is 8. The Morgan fingerprint density at radius 2 is 1.17 bits per heavy atom. The Morgan fingerprint density at radius 1 is 0.792 bits per heavy atom. The second-order valence-corrected chi connectivity index (χ2v) is 5.67. The van der Waals surface area contributed by atoms with Gasteiger partial charge in [-0.15, -0.1) is 0 Å². The molecule has 0 saturated carbocycles. The van der Waals surface area contributed by atoms with E-state index in [0.717, 1.165) is 0 Å². The van der Waals surface area contributed by atoms with E-state index < -0.39 is 10.9 Å².